The summed E-state index contributed by atoms with van der Waals surface area (Å²) in [5, 5.41) is 11.1. The smallest absolute Gasteiger partial charge is 0.216 e. The van der Waals surface area contributed by atoms with Gasteiger partial charge in [-0.25, -0.2) is 0 Å². The normalized spacial score (nSPS) is 11.3. The van der Waals surface area contributed by atoms with Crippen LogP contribution >= 0.6 is 12.2 Å². The van der Waals surface area contributed by atoms with Crippen molar-refractivity contribution in [2.24, 2.45) is 5.10 Å². The number of aromatic amines is 1. The molecule has 0 bridgehead atoms. The molecule has 0 radical (unpaired) electrons. The van der Waals surface area contributed by atoms with Gasteiger partial charge >= 0.3 is 0 Å². The second kappa shape index (κ2) is 4.86. The first kappa shape index (κ1) is 12.7. The molecule has 0 saturated carbocycles. The van der Waals surface area contributed by atoms with E-state index in [1.807, 2.05) is 13.1 Å². The Bertz CT molecular complexity index is 641. The number of benzene rings is 1. The minimum absolute atomic E-state index is 0.506. The van der Waals surface area contributed by atoms with E-state index in [-0.39, 0.29) is 0 Å². The lowest BCUT2D eigenvalue weighted by molar-refractivity contribution is 0.820. The molecule has 2 rings (SSSR count). The Morgan fingerprint density at radius 1 is 1.22 bits per heavy atom. The molecule has 0 aliphatic rings. The zero-order valence-electron chi connectivity index (χ0n) is 11.0. The number of aromatic nitrogens is 3. The molecule has 0 amide bonds. The minimum Gasteiger partial charge on any atom is -0.250 e. The Kier molecular flexibility index (Phi) is 3.43. The lowest BCUT2D eigenvalue weighted by Crippen LogP contribution is -1.98. The van der Waals surface area contributed by atoms with Crippen LogP contribution in [0.1, 0.15) is 28.1 Å². The summed E-state index contributed by atoms with van der Waals surface area (Å²) < 4.78 is 2.12. The largest absolute Gasteiger partial charge is 0.250 e. The van der Waals surface area contributed by atoms with Crippen molar-refractivity contribution >= 4 is 18.4 Å². The summed E-state index contributed by atoms with van der Waals surface area (Å²) in [4.78, 5) is 0. The fourth-order valence-electron chi connectivity index (χ4n) is 2.02. The van der Waals surface area contributed by atoms with Crippen molar-refractivity contribution in [3.63, 3.8) is 0 Å². The van der Waals surface area contributed by atoms with Crippen molar-refractivity contribution in [3.05, 3.63) is 45.0 Å². The van der Waals surface area contributed by atoms with Crippen LogP contribution in [0.4, 0.5) is 0 Å². The molecule has 0 aliphatic heterocycles. The van der Waals surface area contributed by atoms with Crippen molar-refractivity contribution in [3.8, 4) is 0 Å². The third kappa shape index (κ3) is 2.41. The second-order valence-corrected chi connectivity index (χ2v) is 4.83. The van der Waals surface area contributed by atoms with Gasteiger partial charge in [0.15, 0.2) is 0 Å². The predicted octanol–water partition coefficient (Wildman–Crippen LogP) is 3.06. The van der Waals surface area contributed by atoms with Crippen molar-refractivity contribution < 1.29 is 0 Å². The van der Waals surface area contributed by atoms with Crippen LogP contribution in [-0.2, 0) is 0 Å². The molecule has 2 aromatic rings. The predicted molar refractivity (Wildman–Crippen MR) is 75.8 cm³/mol. The van der Waals surface area contributed by atoms with Crippen molar-refractivity contribution in [1.29, 1.82) is 0 Å². The summed E-state index contributed by atoms with van der Waals surface area (Å²) in [6.07, 6.45) is 1.84. The lowest BCUT2D eigenvalue weighted by Gasteiger charge is -2.06. The molecule has 0 aliphatic carbocycles. The van der Waals surface area contributed by atoms with Gasteiger partial charge in [0.05, 0.1) is 6.21 Å². The molecule has 0 spiro atoms. The molecule has 18 heavy (non-hydrogen) atoms. The van der Waals surface area contributed by atoms with Crippen LogP contribution < -0.4 is 0 Å². The van der Waals surface area contributed by atoms with Crippen LogP contribution in [0.15, 0.2) is 17.2 Å². The van der Waals surface area contributed by atoms with E-state index in [4.69, 9.17) is 12.2 Å². The number of nitrogens with zero attached hydrogens (tertiary/aromatic N) is 3. The Morgan fingerprint density at radius 2 is 1.83 bits per heavy atom. The topological polar surface area (TPSA) is 46.0 Å². The zero-order chi connectivity index (χ0) is 13.3. The molecular weight excluding hydrogens is 244 g/mol. The molecule has 4 nitrogen and oxygen atoms in total. The summed E-state index contributed by atoms with van der Waals surface area (Å²) in [6.45, 7) is 8.13. The fourth-order valence-corrected chi connectivity index (χ4v) is 2.24. The van der Waals surface area contributed by atoms with Crippen molar-refractivity contribution in [2.75, 3.05) is 0 Å². The zero-order valence-corrected chi connectivity index (χ0v) is 11.8. The molecule has 1 heterocycles. The van der Waals surface area contributed by atoms with Gasteiger partial charge in [0.25, 0.3) is 0 Å². The van der Waals surface area contributed by atoms with Crippen LogP contribution in [-0.4, -0.2) is 21.1 Å². The lowest BCUT2D eigenvalue weighted by atomic mass is 10.0. The molecule has 0 saturated heterocycles. The molecule has 1 aromatic heterocycles. The van der Waals surface area contributed by atoms with E-state index in [2.05, 4.69) is 48.2 Å². The molecule has 0 unspecified atom stereocenters. The Morgan fingerprint density at radius 3 is 2.33 bits per heavy atom. The van der Waals surface area contributed by atoms with E-state index >= 15 is 0 Å². The van der Waals surface area contributed by atoms with Gasteiger partial charge in [-0.3, -0.25) is 5.10 Å². The molecule has 1 aromatic carbocycles. The maximum absolute atomic E-state index is 5.11. The van der Waals surface area contributed by atoms with Gasteiger partial charge < -0.3 is 0 Å². The van der Waals surface area contributed by atoms with Gasteiger partial charge in [-0.15, -0.1) is 0 Å². The molecule has 5 heteroatoms. The number of hydrogen-bond acceptors (Lipinski definition) is 3. The van der Waals surface area contributed by atoms with Crippen molar-refractivity contribution in [1.82, 2.24) is 14.9 Å². The Labute approximate surface area is 111 Å². The van der Waals surface area contributed by atoms with E-state index in [0.29, 0.717) is 4.77 Å². The van der Waals surface area contributed by atoms with Gasteiger partial charge in [-0.1, -0.05) is 17.7 Å². The van der Waals surface area contributed by atoms with Crippen LogP contribution in [0, 0.1) is 32.5 Å². The van der Waals surface area contributed by atoms with Gasteiger partial charge in [0.1, 0.15) is 5.82 Å². The number of hydrogen-bond donors (Lipinski definition) is 1. The van der Waals surface area contributed by atoms with Gasteiger partial charge in [0.2, 0.25) is 4.77 Å². The summed E-state index contributed by atoms with van der Waals surface area (Å²) >= 11 is 5.11. The first-order chi connectivity index (χ1) is 8.49. The highest BCUT2D eigenvalue weighted by Crippen LogP contribution is 2.14. The Hall–Kier alpha value is -1.75. The summed E-state index contributed by atoms with van der Waals surface area (Å²) in [7, 11) is 0. The van der Waals surface area contributed by atoms with E-state index in [9.17, 15) is 0 Å². The first-order valence-electron chi connectivity index (χ1n) is 5.75. The number of rotatable bonds is 2. The van der Waals surface area contributed by atoms with Crippen LogP contribution in [0.5, 0.6) is 0 Å². The third-order valence-electron chi connectivity index (χ3n) is 2.85. The first-order valence-corrected chi connectivity index (χ1v) is 6.16. The number of H-pyrrole nitrogens is 1. The molecule has 0 atom stereocenters. The summed E-state index contributed by atoms with van der Waals surface area (Å²) in [5.41, 5.74) is 4.81. The van der Waals surface area contributed by atoms with Crippen LogP contribution in [0.3, 0.4) is 0 Å². The molecule has 1 N–H and O–H groups in total. The van der Waals surface area contributed by atoms with Crippen molar-refractivity contribution in [2.45, 2.75) is 27.7 Å². The van der Waals surface area contributed by atoms with Gasteiger partial charge in [-0.2, -0.15) is 14.9 Å². The minimum atomic E-state index is 0.506. The fraction of sp³-hybridized carbons (Fsp3) is 0.308. The average Bonchev–Trinajstić information content (AvgIpc) is 2.58. The van der Waals surface area contributed by atoms with E-state index < -0.39 is 0 Å². The number of nitrogens with one attached hydrogen (secondary N) is 1. The van der Waals surface area contributed by atoms with E-state index in [1.165, 1.54) is 16.7 Å². The SMILES string of the molecule is Cc1cc(C)c(/C=N\n2c(C)n[nH]c2=S)c(C)c1. The van der Waals surface area contributed by atoms with Gasteiger partial charge in [-0.05, 0) is 51.0 Å². The Balaban J connectivity index is 2.44. The summed E-state index contributed by atoms with van der Waals surface area (Å²) in [5.74, 6) is 0.749. The highest BCUT2D eigenvalue weighted by molar-refractivity contribution is 7.71. The second-order valence-electron chi connectivity index (χ2n) is 4.44. The number of aryl methyl sites for hydroxylation is 4. The maximum atomic E-state index is 5.11. The quantitative estimate of drug-likeness (QED) is 0.666. The maximum Gasteiger partial charge on any atom is 0.216 e. The third-order valence-corrected chi connectivity index (χ3v) is 3.12. The van der Waals surface area contributed by atoms with E-state index in [0.717, 1.165) is 11.4 Å². The molecule has 94 valence electrons. The molecule has 0 fully saturated rings. The molecular formula is C13H16N4S. The van der Waals surface area contributed by atoms with Crippen LogP contribution in [0.2, 0.25) is 0 Å². The highest BCUT2D eigenvalue weighted by atomic mass is 32.1. The standard InChI is InChI=1S/C13H16N4S/c1-8-5-9(2)12(10(3)6-8)7-14-17-11(4)15-16-13(17)18/h5-7H,1-4H3,(H,16,18)/b14-7-. The van der Waals surface area contributed by atoms with E-state index in [1.54, 1.807) is 4.68 Å². The van der Waals surface area contributed by atoms with Gasteiger partial charge in [0, 0.05) is 5.56 Å². The summed E-state index contributed by atoms with van der Waals surface area (Å²) in [6, 6.07) is 4.30. The monoisotopic (exact) mass is 260 g/mol. The highest BCUT2D eigenvalue weighted by Gasteiger charge is 2.02. The van der Waals surface area contributed by atoms with Crippen LogP contribution in [0.25, 0.3) is 0 Å². The average molecular weight is 260 g/mol.